The third kappa shape index (κ3) is 4.35. The van der Waals surface area contributed by atoms with Crippen LogP contribution in [0, 0.1) is 0 Å². The van der Waals surface area contributed by atoms with E-state index in [2.05, 4.69) is 40.2 Å². The first kappa shape index (κ1) is 17.0. The molecule has 0 saturated carbocycles. The smallest absolute Gasteiger partial charge is 0.243 e. The summed E-state index contributed by atoms with van der Waals surface area (Å²) < 4.78 is 2.27. The summed E-state index contributed by atoms with van der Waals surface area (Å²) in [5.74, 6) is 0.951. The summed E-state index contributed by atoms with van der Waals surface area (Å²) in [6, 6.07) is 18.7. The number of para-hydroxylation sites is 2. The molecule has 0 fully saturated rings. The van der Waals surface area contributed by atoms with Crippen molar-refractivity contribution in [3.05, 3.63) is 78.1 Å². The number of carbonyl (C=O) groups is 1. The highest BCUT2D eigenvalue weighted by molar-refractivity contribution is 5.87. The van der Waals surface area contributed by atoms with Crippen LogP contribution in [0.15, 0.2) is 66.7 Å². The summed E-state index contributed by atoms with van der Waals surface area (Å²) >= 11 is 0. The first-order valence-corrected chi connectivity index (χ1v) is 8.66. The number of benzene rings is 2. The number of nitrogens with one attached hydrogen (secondary N) is 1. The Kier molecular flexibility index (Phi) is 5.62. The number of nitrogens with zero attached hydrogens (tertiary/aromatic N) is 2. The van der Waals surface area contributed by atoms with Crippen molar-refractivity contribution in [3.8, 4) is 0 Å². The SMILES string of the molecule is C/C=C/C(=O)NCCc1nc2ccccc2n1CCc1ccccc1. The van der Waals surface area contributed by atoms with Gasteiger partial charge in [-0.3, -0.25) is 4.79 Å². The highest BCUT2D eigenvalue weighted by atomic mass is 16.1. The summed E-state index contributed by atoms with van der Waals surface area (Å²) in [5, 5.41) is 2.90. The number of rotatable bonds is 7. The second-order valence-corrected chi connectivity index (χ2v) is 5.95. The van der Waals surface area contributed by atoms with E-state index in [0.717, 1.165) is 29.8 Å². The van der Waals surface area contributed by atoms with Gasteiger partial charge in [0, 0.05) is 19.5 Å². The monoisotopic (exact) mass is 333 g/mol. The molecule has 0 aliphatic carbocycles. The van der Waals surface area contributed by atoms with E-state index in [9.17, 15) is 4.79 Å². The Bertz CT molecular complexity index is 865. The van der Waals surface area contributed by atoms with Crippen LogP contribution in [0.2, 0.25) is 0 Å². The molecule has 1 amide bonds. The summed E-state index contributed by atoms with van der Waals surface area (Å²) in [6.07, 6.45) is 4.95. The minimum absolute atomic E-state index is 0.0607. The van der Waals surface area contributed by atoms with Crippen LogP contribution in [0.3, 0.4) is 0 Å². The molecule has 0 aliphatic heterocycles. The number of imidazole rings is 1. The molecular formula is C21H23N3O. The van der Waals surface area contributed by atoms with Crippen molar-refractivity contribution in [1.82, 2.24) is 14.9 Å². The molecule has 3 rings (SSSR count). The largest absolute Gasteiger partial charge is 0.352 e. The maximum atomic E-state index is 11.6. The van der Waals surface area contributed by atoms with Gasteiger partial charge in [0.15, 0.2) is 0 Å². The molecule has 2 aromatic carbocycles. The van der Waals surface area contributed by atoms with Crippen LogP contribution in [0.1, 0.15) is 18.3 Å². The van der Waals surface area contributed by atoms with Crippen LogP contribution in [0.4, 0.5) is 0 Å². The fourth-order valence-corrected chi connectivity index (χ4v) is 2.96. The van der Waals surface area contributed by atoms with Gasteiger partial charge in [-0.25, -0.2) is 4.98 Å². The molecule has 4 heteroatoms. The molecular weight excluding hydrogens is 310 g/mol. The minimum Gasteiger partial charge on any atom is -0.352 e. The molecule has 0 atom stereocenters. The fourth-order valence-electron chi connectivity index (χ4n) is 2.96. The normalized spacial score (nSPS) is 11.2. The summed E-state index contributed by atoms with van der Waals surface area (Å²) in [6.45, 7) is 3.29. The fraction of sp³-hybridized carbons (Fsp3) is 0.238. The van der Waals surface area contributed by atoms with E-state index < -0.39 is 0 Å². The molecule has 25 heavy (non-hydrogen) atoms. The summed E-state index contributed by atoms with van der Waals surface area (Å²) in [5.41, 5.74) is 3.46. The van der Waals surface area contributed by atoms with E-state index in [0.29, 0.717) is 13.0 Å². The van der Waals surface area contributed by atoms with Crippen LogP contribution in [0.25, 0.3) is 11.0 Å². The van der Waals surface area contributed by atoms with Crippen LogP contribution in [-0.4, -0.2) is 22.0 Å². The standard InChI is InChI=1S/C21H23N3O/c1-2-8-21(25)22-15-13-20-23-18-11-6-7-12-19(18)24(20)16-14-17-9-4-3-5-10-17/h2-12H,13-16H2,1H3,(H,22,25)/b8-2+. The number of fused-ring (bicyclic) bond motifs is 1. The van der Waals surface area contributed by atoms with Crippen LogP contribution in [-0.2, 0) is 24.2 Å². The van der Waals surface area contributed by atoms with E-state index in [-0.39, 0.29) is 5.91 Å². The molecule has 0 unspecified atom stereocenters. The average molecular weight is 333 g/mol. The number of amides is 1. The van der Waals surface area contributed by atoms with Gasteiger partial charge >= 0.3 is 0 Å². The zero-order chi connectivity index (χ0) is 17.5. The molecule has 0 bridgehead atoms. The molecule has 4 nitrogen and oxygen atoms in total. The minimum atomic E-state index is -0.0607. The number of aromatic nitrogens is 2. The van der Waals surface area contributed by atoms with E-state index in [4.69, 9.17) is 4.98 Å². The van der Waals surface area contributed by atoms with Crippen molar-refractivity contribution in [1.29, 1.82) is 0 Å². The number of hydrogen-bond donors (Lipinski definition) is 1. The topological polar surface area (TPSA) is 46.9 Å². The van der Waals surface area contributed by atoms with E-state index in [1.165, 1.54) is 5.56 Å². The lowest BCUT2D eigenvalue weighted by Gasteiger charge is -2.10. The van der Waals surface area contributed by atoms with Gasteiger partial charge in [0.05, 0.1) is 11.0 Å². The predicted octanol–water partition coefficient (Wildman–Crippen LogP) is 3.51. The zero-order valence-corrected chi connectivity index (χ0v) is 14.5. The van der Waals surface area contributed by atoms with E-state index in [1.807, 2.05) is 31.2 Å². The van der Waals surface area contributed by atoms with Gasteiger partial charge in [0.2, 0.25) is 5.91 Å². The highest BCUT2D eigenvalue weighted by Gasteiger charge is 2.10. The average Bonchev–Trinajstić information content (AvgIpc) is 2.98. The Labute approximate surface area is 148 Å². The van der Waals surface area contributed by atoms with Gasteiger partial charge in [-0.15, -0.1) is 0 Å². The second-order valence-electron chi connectivity index (χ2n) is 5.95. The lowest BCUT2D eigenvalue weighted by molar-refractivity contribution is -0.116. The van der Waals surface area contributed by atoms with Crippen LogP contribution < -0.4 is 5.32 Å². The second kappa shape index (κ2) is 8.29. The Morgan fingerprint density at radius 2 is 1.84 bits per heavy atom. The van der Waals surface area contributed by atoms with Crippen LogP contribution in [0.5, 0.6) is 0 Å². The first-order valence-electron chi connectivity index (χ1n) is 8.66. The van der Waals surface area contributed by atoms with Crippen molar-refractivity contribution in [2.24, 2.45) is 0 Å². The molecule has 0 aliphatic rings. The Balaban J connectivity index is 1.76. The van der Waals surface area contributed by atoms with Crippen molar-refractivity contribution in [2.75, 3.05) is 6.54 Å². The zero-order valence-electron chi connectivity index (χ0n) is 14.5. The lowest BCUT2D eigenvalue weighted by Crippen LogP contribution is -2.24. The van der Waals surface area contributed by atoms with Crippen molar-refractivity contribution in [3.63, 3.8) is 0 Å². The van der Waals surface area contributed by atoms with Crippen molar-refractivity contribution >= 4 is 16.9 Å². The Morgan fingerprint density at radius 1 is 1.08 bits per heavy atom. The number of aryl methyl sites for hydroxylation is 2. The number of carbonyl (C=O) groups excluding carboxylic acids is 1. The molecule has 3 aromatic rings. The molecule has 0 saturated heterocycles. The molecule has 0 spiro atoms. The van der Waals surface area contributed by atoms with Gasteiger partial charge in [-0.2, -0.15) is 0 Å². The van der Waals surface area contributed by atoms with Gasteiger partial charge in [0.25, 0.3) is 0 Å². The van der Waals surface area contributed by atoms with Crippen LogP contribution >= 0.6 is 0 Å². The highest BCUT2D eigenvalue weighted by Crippen LogP contribution is 2.17. The summed E-state index contributed by atoms with van der Waals surface area (Å²) in [4.78, 5) is 16.3. The first-order chi connectivity index (χ1) is 12.3. The Hall–Kier alpha value is -2.88. The quantitative estimate of drug-likeness (QED) is 0.673. The Morgan fingerprint density at radius 3 is 2.64 bits per heavy atom. The van der Waals surface area contributed by atoms with Gasteiger partial charge in [-0.1, -0.05) is 48.5 Å². The lowest BCUT2D eigenvalue weighted by atomic mass is 10.1. The molecule has 1 aromatic heterocycles. The predicted molar refractivity (Wildman–Crippen MR) is 101 cm³/mol. The molecule has 1 N–H and O–H groups in total. The van der Waals surface area contributed by atoms with E-state index in [1.54, 1.807) is 12.2 Å². The third-order valence-electron chi connectivity index (χ3n) is 4.17. The maximum absolute atomic E-state index is 11.6. The number of allylic oxidation sites excluding steroid dienone is 1. The van der Waals surface area contributed by atoms with Gasteiger partial charge in [0.1, 0.15) is 5.82 Å². The van der Waals surface area contributed by atoms with Crippen molar-refractivity contribution in [2.45, 2.75) is 26.3 Å². The maximum Gasteiger partial charge on any atom is 0.243 e. The van der Waals surface area contributed by atoms with E-state index >= 15 is 0 Å². The molecule has 0 radical (unpaired) electrons. The van der Waals surface area contributed by atoms with Crippen molar-refractivity contribution < 1.29 is 4.79 Å². The van der Waals surface area contributed by atoms with Gasteiger partial charge < -0.3 is 9.88 Å². The third-order valence-corrected chi connectivity index (χ3v) is 4.17. The number of hydrogen-bond acceptors (Lipinski definition) is 2. The summed E-state index contributed by atoms with van der Waals surface area (Å²) in [7, 11) is 0. The van der Waals surface area contributed by atoms with Gasteiger partial charge in [-0.05, 0) is 37.1 Å². The molecule has 1 heterocycles. The molecule has 128 valence electrons.